The third kappa shape index (κ3) is 2.92. The molecule has 4 heteroatoms. The van der Waals surface area contributed by atoms with Gasteiger partial charge in [0, 0.05) is 12.7 Å². The second-order valence-electron chi connectivity index (χ2n) is 4.01. The molecule has 0 saturated heterocycles. The Morgan fingerprint density at radius 2 is 1.69 bits per heavy atom. The van der Waals surface area contributed by atoms with Crippen LogP contribution in [0.2, 0.25) is 0 Å². The minimum absolute atomic E-state index is 0.345. The predicted molar refractivity (Wildman–Crippen MR) is 63.4 cm³/mol. The monoisotopic (exact) mass is 240 g/mol. The van der Waals surface area contributed by atoms with Gasteiger partial charge in [-0.05, 0) is 49.1 Å². The van der Waals surface area contributed by atoms with Gasteiger partial charge in [-0.25, -0.2) is 8.42 Å². The first-order chi connectivity index (χ1) is 7.36. The van der Waals surface area contributed by atoms with Crippen LogP contribution in [0.3, 0.4) is 0 Å². The van der Waals surface area contributed by atoms with Gasteiger partial charge < -0.3 is 4.79 Å². The van der Waals surface area contributed by atoms with E-state index < -0.39 is 9.84 Å². The Morgan fingerprint density at radius 1 is 1.19 bits per heavy atom. The topological polar surface area (TPSA) is 51.2 Å². The zero-order valence-electron chi connectivity index (χ0n) is 9.78. The van der Waals surface area contributed by atoms with Crippen LogP contribution in [0.4, 0.5) is 0 Å². The van der Waals surface area contributed by atoms with Crippen molar-refractivity contribution in [2.75, 3.05) is 6.26 Å². The molecule has 1 rings (SSSR count). The summed E-state index contributed by atoms with van der Waals surface area (Å²) in [7, 11) is -3.15. The van der Waals surface area contributed by atoms with Gasteiger partial charge >= 0.3 is 0 Å². The van der Waals surface area contributed by atoms with Crippen molar-refractivity contribution in [1.29, 1.82) is 0 Å². The van der Waals surface area contributed by atoms with Gasteiger partial charge in [-0.3, -0.25) is 0 Å². The van der Waals surface area contributed by atoms with E-state index in [4.69, 9.17) is 0 Å². The standard InChI is InChI=1S/C12H16O3S/c1-9-7-11(16(3,14)15)8-10(2)12(9)5-4-6-13/h6-8H,4-5H2,1-3H3. The van der Waals surface area contributed by atoms with E-state index >= 15 is 0 Å². The van der Waals surface area contributed by atoms with E-state index in [1.165, 1.54) is 6.26 Å². The van der Waals surface area contributed by atoms with Gasteiger partial charge in [0.1, 0.15) is 6.29 Å². The molecule has 0 aromatic heterocycles. The van der Waals surface area contributed by atoms with Gasteiger partial charge in [-0.1, -0.05) is 0 Å². The summed E-state index contributed by atoms with van der Waals surface area (Å²) in [6.45, 7) is 3.75. The molecule has 88 valence electrons. The molecule has 0 N–H and O–H groups in total. The number of hydrogen-bond donors (Lipinski definition) is 0. The molecule has 0 saturated carbocycles. The molecule has 0 unspecified atom stereocenters. The molecule has 3 nitrogen and oxygen atoms in total. The first-order valence-electron chi connectivity index (χ1n) is 5.10. The highest BCUT2D eigenvalue weighted by molar-refractivity contribution is 7.90. The maximum atomic E-state index is 11.4. The highest BCUT2D eigenvalue weighted by Crippen LogP contribution is 2.21. The van der Waals surface area contributed by atoms with Crippen LogP contribution in [0.5, 0.6) is 0 Å². The molecule has 0 aliphatic heterocycles. The maximum absolute atomic E-state index is 11.4. The van der Waals surface area contributed by atoms with Gasteiger partial charge in [-0.2, -0.15) is 0 Å². The molecule has 0 heterocycles. The van der Waals surface area contributed by atoms with Crippen molar-refractivity contribution in [3.05, 3.63) is 28.8 Å². The number of carbonyl (C=O) groups is 1. The van der Waals surface area contributed by atoms with Crippen molar-refractivity contribution in [3.8, 4) is 0 Å². The summed E-state index contributed by atoms with van der Waals surface area (Å²) in [6.07, 6.45) is 3.22. The molecule has 1 aromatic rings. The largest absolute Gasteiger partial charge is 0.303 e. The molecule has 0 amide bonds. The fourth-order valence-corrected chi connectivity index (χ4v) is 2.55. The van der Waals surface area contributed by atoms with Crippen molar-refractivity contribution >= 4 is 16.1 Å². The minimum Gasteiger partial charge on any atom is -0.303 e. The van der Waals surface area contributed by atoms with Crippen LogP contribution in [-0.2, 0) is 21.1 Å². The molecule has 0 atom stereocenters. The molecule has 1 aromatic carbocycles. The fraction of sp³-hybridized carbons (Fsp3) is 0.417. The van der Waals surface area contributed by atoms with E-state index in [1.54, 1.807) is 12.1 Å². The summed E-state index contributed by atoms with van der Waals surface area (Å²) >= 11 is 0. The van der Waals surface area contributed by atoms with E-state index in [0.717, 1.165) is 23.0 Å². The van der Waals surface area contributed by atoms with Crippen LogP contribution in [0.1, 0.15) is 23.1 Å². The van der Waals surface area contributed by atoms with Crippen molar-refractivity contribution < 1.29 is 13.2 Å². The van der Waals surface area contributed by atoms with Crippen LogP contribution >= 0.6 is 0 Å². The lowest BCUT2D eigenvalue weighted by molar-refractivity contribution is -0.107. The molecule has 0 aliphatic rings. The fourth-order valence-electron chi connectivity index (χ4n) is 1.77. The molecule has 0 fully saturated rings. The van der Waals surface area contributed by atoms with Crippen molar-refractivity contribution in [2.45, 2.75) is 31.6 Å². The van der Waals surface area contributed by atoms with Crippen LogP contribution < -0.4 is 0 Å². The van der Waals surface area contributed by atoms with E-state index in [9.17, 15) is 13.2 Å². The molecular weight excluding hydrogens is 224 g/mol. The van der Waals surface area contributed by atoms with Crippen molar-refractivity contribution in [1.82, 2.24) is 0 Å². The van der Waals surface area contributed by atoms with Gasteiger partial charge in [0.05, 0.1) is 4.90 Å². The normalized spacial score (nSPS) is 11.4. The highest BCUT2D eigenvalue weighted by Gasteiger charge is 2.11. The first kappa shape index (κ1) is 12.9. The second kappa shape index (κ2) is 4.78. The number of aldehydes is 1. The molecule has 16 heavy (non-hydrogen) atoms. The average Bonchev–Trinajstić information content (AvgIpc) is 2.15. The van der Waals surface area contributed by atoms with Crippen LogP contribution in [0.25, 0.3) is 0 Å². The lowest BCUT2D eigenvalue weighted by atomic mass is 9.99. The quantitative estimate of drug-likeness (QED) is 0.754. The Kier molecular flexibility index (Phi) is 3.86. The Balaban J connectivity index is 3.22. The smallest absolute Gasteiger partial charge is 0.175 e. The zero-order valence-corrected chi connectivity index (χ0v) is 10.6. The highest BCUT2D eigenvalue weighted by atomic mass is 32.2. The van der Waals surface area contributed by atoms with E-state index in [0.29, 0.717) is 17.7 Å². The Morgan fingerprint density at radius 3 is 2.06 bits per heavy atom. The summed E-state index contributed by atoms with van der Waals surface area (Å²) in [5.41, 5.74) is 2.93. The maximum Gasteiger partial charge on any atom is 0.175 e. The third-order valence-electron chi connectivity index (χ3n) is 2.61. The number of aryl methyl sites for hydroxylation is 2. The Hall–Kier alpha value is -1.16. The number of sulfone groups is 1. The van der Waals surface area contributed by atoms with Crippen LogP contribution in [0.15, 0.2) is 17.0 Å². The summed E-state index contributed by atoms with van der Waals surface area (Å²) < 4.78 is 22.8. The van der Waals surface area contributed by atoms with Crippen LogP contribution in [-0.4, -0.2) is 21.0 Å². The lowest BCUT2D eigenvalue weighted by Crippen LogP contribution is -2.02. The molecule has 0 bridgehead atoms. The average molecular weight is 240 g/mol. The Bertz CT molecular complexity index is 478. The van der Waals surface area contributed by atoms with Crippen molar-refractivity contribution in [3.63, 3.8) is 0 Å². The first-order valence-corrected chi connectivity index (χ1v) is 6.99. The van der Waals surface area contributed by atoms with Crippen molar-refractivity contribution in [2.24, 2.45) is 0 Å². The number of hydrogen-bond acceptors (Lipinski definition) is 3. The summed E-state index contributed by atoms with van der Waals surface area (Å²) in [5.74, 6) is 0. The SMILES string of the molecule is Cc1cc(S(C)(=O)=O)cc(C)c1CCC=O. The molecule has 0 spiro atoms. The zero-order chi connectivity index (χ0) is 12.3. The molecular formula is C12H16O3S. The molecule has 0 aliphatic carbocycles. The lowest BCUT2D eigenvalue weighted by Gasteiger charge is -2.10. The van der Waals surface area contributed by atoms with Crippen LogP contribution in [0, 0.1) is 13.8 Å². The number of carbonyl (C=O) groups excluding carboxylic acids is 1. The van der Waals surface area contributed by atoms with E-state index in [2.05, 4.69) is 0 Å². The number of rotatable bonds is 4. The van der Waals surface area contributed by atoms with Gasteiger partial charge in [0.15, 0.2) is 9.84 Å². The summed E-state index contributed by atoms with van der Waals surface area (Å²) in [5, 5.41) is 0. The number of benzene rings is 1. The predicted octanol–water partition coefficient (Wildman–Crippen LogP) is 1.84. The molecule has 0 radical (unpaired) electrons. The minimum atomic E-state index is -3.15. The van der Waals surface area contributed by atoms with Gasteiger partial charge in [0.2, 0.25) is 0 Å². The second-order valence-corrected chi connectivity index (χ2v) is 6.03. The third-order valence-corrected chi connectivity index (χ3v) is 3.70. The Labute approximate surface area is 96.4 Å². The summed E-state index contributed by atoms with van der Waals surface area (Å²) in [4.78, 5) is 10.7. The van der Waals surface area contributed by atoms with Gasteiger partial charge in [0.25, 0.3) is 0 Å². The summed E-state index contributed by atoms with van der Waals surface area (Å²) in [6, 6.07) is 3.34. The van der Waals surface area contributed by atoms with Gasteiger partial charge in [-0.15, -0.1) is 0 Å². The van der Waals surface area contributed by atoms with E-state index in [1.807, 2.05) is 13.8 Å². The van der Waals surface area contributed by atoms with E-state index in [-0.39, 0.29) is 0 Å².